The first-order valence-corrected chi connectivity index (χ1v) is 8.86. The zero-order chi connectivity index (χ0) is 18.4. The van der Waals surface area contributed by atoms with Gasteiger partial charge in [0.1, 0.15) is 0 Å². The number of urea groups is 1. The summed E-state index contributed by atoms with van der Waals surface area (Å²) in [4.78, 5) is 26.3. The molecule has 1 aliphatic heterocycles. The summed E-state index contributed by atoms with van der Waals surface area (Å²) in [6.45, 7) is 2.37. The number of nitrogens with zero attached hydrogens (tertiary/aromatic N) is 1. The van der Waals surface area contributed by atoms with Gasteiger partial charge in [-0.1, -0.05) is 41.9 Å². The molecule has 1 aliphatic rings. The number of hydrogen-bond acceptors (Lipinski definition) is 4. The highest BCUT2D eigenvalue weighted by Gasteiger charge is 2.26. The largest absolute Gasteiger partial charge is 0.325 e. The molecule has 3 N–H and O–H groups in total. The molecule has 3 amide bonds. The Morgan fingerprint density at radius 2 is 1.93 bits per heavy atom. The molecule has 2 aromatic carbocycles. The molecule has 2 aromatic rings. The van der Waals surface area contributed by atoms with E-state index < -0.39 is 6.03 Å². The minimum atomic E-state index is -0.532. The zero-order valence-corrected chi connectivity index (χ0v) is 16.2. The number of imide groups is 1. The molecule has 0 radical (unpaired) electrons. The van der Waals surface area contributed by atoms with Crippen molar-refractivity contribution in [3.8, 4) is 0 Å². The number of carbonyl (C=O) groups excluding carboxylic acids is 2. The quantitative estimate of drug-likeness (QED) is 0.726. The van der Waals surface area contributed by atoms with Crippen LogP contribution in [-0.2, 0) is 4.79 Å². The molecule has 0 aliphatic carbocycles. The third-order valence-electron chi connectivity index (χ3n) is 4.22. The van der Waals surface area contributed by atoms with Gasteiger partial charge in [0.05, 0.1) is 6.54 Å². The summed E-state index contributed by atoms with van der Waals surface area (Å²) >= 11 is 6.09. The van der Waals surface area contributed by atoms with E-state index in [1.165, 1.54) is 0 Å². The molecule has 6 nitrogen and oxygen atoms in total. The Labute approximate surface area is 169 Å². The Kier molecular flexibility index (Phi) is 8.06. The number of anilines is 1. The van der Waals surface area contributed by atoms with E-state index >= 15 is 0 Å². The molecule has 27 heavy (non-hydrogen) atoms. The lowest BCUT2D eigenvalue weighted by molar-refractivity contribution is -0.121. The van der Waals surface area contributed by atoms with Crippen LogP contribution in [-0.4, -0.2) is 43.0 Å². The van der Waals surface area contributed by atoms with Gasteiger partial charge in [-0.05, 0) is 29.8 Å². The van der Waals surface area contributed by atoms with Crippen LogP contribution in [0.5, 0.6) is 0 Å². The average Bonchev–Trinajstić information content (AvgIpc) is 2.62. The van der Waals surface area contributed by atoms with E-state index in [0.29, 0.717) is 17.3 Å². The predicted molar refractivity (Wildman–Crippen MR) is 109 cm³/mol. The van der Waals surface area contributed by atoms with Crippen LogP contribution in [0.15, 0.2) is 54.6 Å². The second kappa shape index (κ2) is 10.3. The van der Waals surface area contributed by atoms with Crippen LogP contribution < -0.4 is 16.0 Å². The van der Waals surface area contributed by atoms with Gasteiger partial charge < -0.3 is 10.6 Å². The monoisotopic (exact) mass is 408 g/mol. The lowest BCUT2D eigenvalue weighted by atomic mass is 10.0. The molecule has 0 saturated carbocycles. The summed E-state index contributed by atoms with van der Waals surface area (Å²) in [6, 6.07) is 16.1. The summed E-state index contributed by atoms with van der Waals surface area (Å²) in [7, 11) is 0. The highest BCUT2D eigenvalue weighted by Crippen LogP contribution is 2.24. The van der Waals surface area contributed by atoms with Crippen LogP contribution in [0.1, 0.15) is 11.6 Å². The lowest BCUT2D eigenvalue weighted by Gasteiger charge is -2.36. The van der Waals surface area contributed by atoms with Gasteiger partial charge in [0.25, 0.3) is 0 Å². The van der Waals surface area contributed by atoms with E-state index in [9.17, 15) is 9.59 Å². The Morgan fingerprint density at radius 3 is 2.67 bits per heavy atom. The molecule has 0 aromatic heterocycles. The Hall–Kier alpha value is -2.12. The van der Waals surface area contributed by atoms with Crippen molar-refractivity contribution in [2.45, 2.75) is 6.04 Å². The summed E-state index contributed by atoms with van der Waals surface area (Å²) in [5.41, 5.74) is 1.68. The molecule has 8 heteroatoms. The van der Waals surface area contributed by atoms with Gasteiger partial charge in [0, 0.05) is 36.4 Å². The zero-order valence-electron chi connectivity index (χ0n) is 14.7. The molecule has 3 rings (SSSR count). The number of piperazine rings is 1. The second-order valence-electron chi connectivity index (χ2n) is 6.11. The van der Waals surface area contributed by atoms with Crippen molar-refractivity contribution in [1.82, 2.24) is 15.5 Å². The SMILES string of the molecule is Cl.O=C(CN1CCNCC1c1cccc(Cl)c1)NC(=O)Nc1ccccc1. The molecular weight excluding hydrogens is 387 g/mol. The summed E-state index contributed by atoms with van der Waals surface area (Å²) < 4.78 is 0. The van der Waals surface area contributed by atoms with Gasteiger partial charge in [0.2, 0.25) is 5.91 Å². The van der Waals surface area contributed by atoms with Crippen LogP contribution >= 0.6 is 24.0 Å². The van der Waals surface area contributed by atoms with E-state index in [1.807, 2.05) is 47.4 Å². The summed E-state index contributed by atoms with van der Waals surface area (Å²) in [5, 5.41) is 9.02. The van der Waals surface area contributed by atoms with E-state index in [1.54, 1.807) is 12.1 Å². The number of halogens is 2. The summed E-state index contributed by atoms with van der Waals surface area (Å²) in [6.07, 6.45) is 0. The molecule has 1 unspecified atom stereocenters. The van der Waals surface area contributed by atoms with Gasteiger partial charge in [0.15, 0.2) is 0 Å². The number of carbonyl (C=O) groups is 2. The van der Waals surface area contributed by atoms with Crippen molar-refractivity contribution >= 4 is 41.6 Å². The summed E-state index contributed by atoms with van der Waals surface area (Å²) in [5.74, 6) is -0.340. The van der Waals surface area contributed by atoms with Crippen LogP contribution in [0.3, 0.4) is 0 Å². The van der Waals surface area contributed by atoms with Crippen LogP contribution in [0.25, 0.3) is 0 Å². The van der Waals surface area contributed by atoms with E-state index in [4.69, 9.17) is 11.6 Å². The van der Waals surface area contributed by atoms with Gasteiger partial charge in [-0.3, -0.25) is 15.0 Å². The van der Waals surface area contributed by atoms with Crippen molar-refractivity contribution in [1.29, 1.82) is 0 Å². The maximum atomic E-state index is 12.3. The van der Waals surface area contributed by atoms with Crippen LogP contribution in [0, 0.1) is 0 Å². The third-order valence-corrected chi connectivity index (χ3v) is 4.45. The normalized spacial score (nSPS) is 16.9. The highest BCUT2D eigenvalue weighted by molar-refractivity contribution is 6.30. The highest BCUT2D eigenvalue weighted by atomic mass is 35.5. The molecule has 0 spiro atoms. The Bertz CT molecular complexity index is 773. The standard InChI is InChI=1S/C19H21ClN4O2.ClH/c20-15-6-4-5-14(11-15)17-12-21-9-10-24(17)13-18(25)23-19(26)22-16-7-2-1-3-8-16;/h1-8,11,17,21H,9-10,12-13H2,(H2,22,23,25,26);1H. The third kappa shape index (κ3) is 6.22. The first kappa shape index (κ1) is 21.2. The number of benzene rings is 2. The molecule has 1 atom stereocenters. The minimum absolute atomic E-state index is 0. The maximum Gasteiger partial charge on any atom is 0.325 e. The topological polar surface area (TPSA) is 73.5 Å². The Morgan fingerprint density at radius 1 is 1.15 bits per heavy atom. The molecule has 0 bridgehead atoms. The predicted octanol–water partition coefficient (Wildman–Crippen LogP) is 3.06. The fraction of sp³-hybridized carbons (Fsp3) is 0.263. The van der Waals surface area contributed by atoms with E-state index in [2.05, 4.69) is 16.0 Å². The average molecular weight is 409 g/mol. The lowest BCUT2D eigenvalue weighted by Crippen LogP contribution is -2.50. The van der Waals surface area contributed by atoms with Crippen molar-refractivity contribution in [2.24, 2.45) is 0 Å². The van der Waals surface area contributed by atoms with Gasteiger partial charge >= 0.3 is 6.03 Å². The van der Waals surface area contributed by atoms with Crippen LogP contribution in [0.2, 0.25) is 5.02 Å². The smallest absolute Gasteiger partial charge is 0.314 e. The first-order valence-electron chi connectivity index (χ1n) is 8.48. The fourth-order valence-corrected chi connectivity index (χ4v) is 3.21. The first-order chi connectivity index (χ1) is 12.6. The van der Waals surface area contributed by atoms with Crippen LogP contribution in [0.4, 0.5) is 10.5 Å². The van der Waals surface area contributed by atoms with Gasteiger partial charge in [-0.2, -0.15) is 0 Å². The Balaban J connectivity index is 0.00000261. The molecular formula is C19H22Cl2N4O2. The fourth-order valence-electron chi connectivity index (χ4n) is 3.01. The second-order valence-corrected chi connectivity index (χ2v) is 6.55. The van der Waals surface area contributed by atoms with Crippen molar-refractivity contribution < 1.29 is 9.59 Å². The maximum absolute atomic E-state index is 12.3. The van der Waals surface area contributed by atoms with E-state index in [-0.39, 0.29) is 30.9 Å². The van der Waals surface area contributed by atoms with E-state index in [0.717, 1.165) is 18.7 Å². The van der Waals surface area contributed by atoms with Crippen molar-refractivity contribution in [3.63, 3.8) is 0 Å². The number of para-hydroxylation sites is 1. The molecule has 144 valence electrons. The van der Waals surface area contributed by atoms with Gasteiger partial charge in [-0.25, -0.2) is 4.79 Å². The number of amides is 3. The molecule has 1 heterocycles. The minimum Gasteiger partial charge on any atom is -0.314 e. The van der Waals surface area contributed by atoms with Crippen molar-refractivity contribution in [2.75, 3.05) is 31.5 Å². The number of hydrogen-bond donors (Lipinski definition) is 3. The molecule has 1 saturated heterocycles. The molecule has 1 fully saturated rings. The number of rotatable bonds is 4. The number of nitrogens with one attached hydrogen (secondary N) is 3. The van der Waals surface area contributed by atoms with Gasteiger partial charge in [-0.15, -0.1) is 12.4 Å². The van der Waals surface area contributed by atoms with Crippen molar-refractivity contribution in [3.05, 3.63) is 65.2 Å².